The SMILES string of the molecule is COc1ccc(F)c2c1CCC[C@H]2CN(C)CCc1ccc2c(c1)CN(NS(C)(=O)=O)C2. The Bertz CT molecular complexity index is 1090. The molecular weight excluding hydrogens is 429 g/mol. The number of rotatable bonds is 8. The maximum absolute atomic E-state index is 14.7. The molecule has 1 aliphatic carbocycles. The van der Waals surface area contributed by atoms with Crippen molar-refractivity contribution in [3.05, 3.63) is 64.0 Å². The van der Waals surface area contributed by atoms with Gasteiger partial charge in [0.25, 0.3) is 0 Å². The summed E-state index contributed by atoms with van der Waals surface area (Å²) >= 11 is 0. The summed E-state index contributed by atoms with van der Waals surface area (Å²) in [5.74, 6) is 0.852. The molecule has 1 atom stereocenters. The van der Waals surface area contributed by atoms with Gasteiger partial charge in [-0.1, -0.05) is 18.2 Å². The van der Waals surface area contributed by atoms with Gasteiger partial charge in [-0.15, -0.1) is 4.83 Å². The topological polar surface area (TPSA) is 61.9 Å². The van der Waals surface area contributed by atoms with Crippen LogP contribution in [0.2, 0.25) is 0 Å². The van der Waals surface area contributed by atoms with Gasteiger partial charge >= 0.3 is 0 Å². The van der Waals surface area contributed by atoms with Crippen LogP contribution >= 0.6 is 0 Å². The van der Waals surface area contributed by atoms with Crippen molar-refractivity contribution in [2.75, 3.05) is 33.5 Å². The molecule has 4 rings (SSSR count). The van der Waals surface area contributed by atoms with Crippen molar-refractivity contribution in [2.24, 2.45) is 0 Å². The molecule has 2 aliphatic rings. The van der Waals surface area contributed by atoms with Crippen LogP contribution in [0.4, 0.5) is 4.39 Å². The second kappa shape index (κ2) is 9.47. The zero-order valence-electron chi connectivity index (χ0n) is 19.0. The molecule has 0 unspecified atom stereocenters. The number of benzene rings is 2. The molecule has 6 nitrogen and oxygen atoms in total. The number of hydrogen-bond donors (Lipinski definition) is 1. The van der Waals surface area contributed by atoms with Crippen molar-refractivity contribution in [1.82, 2.24) is 14.7 Å². The molecule has 0 spiro atoms. The summed E-state index contributed by atoms with van der Waals surface area (Å²) < 4.78 is 43.1. The second-order valence-corrected chi connectivity index (χ2v) is 10.8. The number of sulfonamides is 1. The van der Waals surface area contributed by atoms with Gasteiger partial charge in [-0.05, 0) is 73.0 Å². The average molecular weight is 462 g/mol. The molecule has 0 saturated heterocycles. The van der Waals surface area contributed by atoms with Gasteiger partial charge in [-0.3, -0.25) is 0 Å². The normalized spacial score (nSPS) is 18.6. The minimum absolute atomic E-state index is 0.121. The van der Waals surface area contributed by atoms with E-state index in [0.717, 1.165) is 66.8 Å². The molecule has 2 aromatic rings. The minimum Gasteiger partial charge on any atom is -0.496 e. The third-order valence-electron chi connectivity index (χ3n) is 6.47. The van der Waals surface area contributed by atoms with Gasteiger partial charge in [-0.25, -0.2) is 17.8 Å². The first-order chi connectivity index (χ1) is 15.2. The number of hydrogen-bond acceptors (Lipinski definition) is 5. The van der Waals surface area contributed by atoms with Crippen molar-refractivity contribution < 1.29 is 17.5 Å². The summed E-state index contributed by atoms with van der Waals surface area (Å²) in [4.78, 5) is 4.84. The molecule has 0 bridgehead atoms. The van der Waals surface area contributed by atoms with Crippen molar-refractivity contribution >= 4 is 10.0 Å². The Balaban J connectivity index is 1.37. The van der Waals surface area contributed by atoms with E-state index in [2.05, 4.69) is 35.0 Å². The first-order valence-corrected chi connectivity index (χ1v) is 13.0. The fourth-order valence-corrected chi connectivity index (χ4v) is 5.65. The molecule has 174 valence electrons. The molecule has 0 fully saturated rings. The molecule has 1 aliphatic heterocycles. The fraction of sp³-hybridized carbons (Fsp3) is 0.500. The Morgan fingerprint density at radius 2 is 2.00 bits per heavy atom. The highest BCUT2D eigenvalue weighted by Gasteiger charge is 2.27. The average Bonchev–Trinajstić information content (AvgIpc) is 3.12. The van der Waals surface area contributed by atoms with E-state index >= 15 is 0 Å². The summed E-state index contributed by atoms with van der Waals surface area (Å²) in [6.07, 6.45) is 4.97. The van der Waals surface area contributed by atoms with Crippen molar-refractivity contribution in [1.29, 1.82) is 0 Å². The predicted octanol–water partition coefficient (Wildman–Crippen LogP) is 3.21. The summed E-state index contributed by atoms with van der Waals surface area (Å²) in [7, 11) is 0.479. The van der Waals surface area contributed by atoms with Gasteiger partial charge < -0.3 is 9.64 Å². The largest absolute Gasteiger partial charge is 0.496 e. The molecule has 2 aromatic carbocycles. The van der Waals surface area contributed by atoms with E-state index in [9.17, 15) is 12.8 Å². The first-order valence-electron chi connectivity index (χ1n) is 11.1. The van der Waals surface area contributed by atoms with Gasteiger partial charge in [0.15, 0.2) is 0 Å². The van der Waals surface area contributed by atoms with Gasteiger partial charge in [0.05, 0.1) is 13.4 Å². The highest BCUT2D eigenvalue weighted by atomic mass is 32.2. The Morgan fingerprint density at radius 1 is 1.22 bits per heavy atom. The number of halogens is 1. The summed E-state index contributed by atoms with van der Waals surface area (Å²) in [6.45, 7) is 2.85. The molecule has 1 N–H and O–H groups in total. The number of fused-ring (bicyclic) bond motifs is 2. The maximum Gasteiger partial charge on any atom is 0.221 e. The van der Waals surface area contributed by atoms with E-state index in [1.165, 1.54) is 17.9 Å². The summed E-state index contributed by atoms with van der Waals surface area (Å²) in [6, 6.07) is 9.65. The Labute approximate surface area is 190 Å². The lowest BCUT2D eigenvalue weighted by atomic mass is 9.81. The lowest BCUT2D eigenvalue weighted by Gasteiger charge is -2.30. The van der Waals surface area contributed by atoms with Gasteiger partial charge in [-0.2, -0.15) is 0 Å². The molecule has 32 heavy (non-hydrogen) atoms. The molecule has 0 radical (unpaired) electrons. The third kappa shape index (κ3) is 5.31. The second-order valence-electron chi connectivity index (χ2n) is 9.07. The number of nitrogens with one attached hydrogen (secondary N) is 1. The van der Waals surface area contributed by atoms with Crippen LogP contribution < -0.4 is 9.57 Å². The zero-order valence-corrected chi connectivity index (χ0v) is 19.8. The summed E-state index contributed by atoms with van der Waals surface area (Å²) in [5, 5.41) is 1.72. The number of likely N-dealkylation sites (N-methyl/N-ethyl adjacent to an activating group) is 1. The Kier molecular flexibility index (Phi) is 6.86. The van der Waals surface area contributed by atoms with Crippen LogP contribution in [0, 0.1) is 5.82 Å². The highest BCUT2D eigenvalue weighted by Crippen LogP contribution is 2.38. The quantitative estimate of drug-likeness (QED) is 0.654. The Morgan fingerprint density at radius 3 is 2.75 bits per heavy atom. The van der Waals surface area contributed by atoms with Crippen LogP contribution in [0.15, 0.2) is 30.3 Å². The summed E-state index contributed by atoms with van der Waals surface area (Å²) in [5.41, 5.74) is 5.41. The number of hydrazine groups is 1. The lowest BCUT2D eigenvalue weighted by Crippen LogP contribution is -2.37. The van der Waals surface area contributed by atoms with E-state index in [0.29, 0.717) is 13.1 Å². The Hall–Kier alpha value is -2.00. The minimum atomic E-state index is -3.27. The highest BCUT2D eigenvalue weighted by molar-refractivity contribution is 7.88. The van der Waals surface area contributed by atoms with Crippen molar-refractivity contribution in [2.45, 2.75) is 44.7 Å². The van der Waals surface area contributed by atoms with Gasteiger partial charge in [0.2, 0.25) is 10.0 Å². The van der Waals surface area contributed by atoms with E-state index in [-0.39, 0.29) is 11.7 Å². The number of ether oxygens (including phenoxy) is 1. The third-order valence-corrected chi connectivity index (χ3v) is 7.06. The monoisotopic (exact) mass is 461 g/mol. The standard InChI is InChI=1S/C24H32FN3O3S/c1-27(14-19-5-4-6-21-23(31-2)10-9-22(25)24(19)21)12-11-17-7-8-18-15-28(16-20(18)13-17)26-32(3,29)30/h7-10,13,19,26H,4-6,11-12,14-16H2,1-3H3/t19-/m0/s1. The van der Waals surface area contributed by atoms with Crippen LogP contribution in [0.1, 0.15) is 46.6 Å². The van der Waals surface area contributed by atoms with E-state index in [1.807, 2.05) is 0 Å². The smallest absolute Gasteiger partial charge is 0.221 e. The molecule has 8 heteroatoms. The van der Waals surface area contributed by atoms with Crippen molar-refractivity contribution in [3.63, 3.8) is 0 Å². The van der Waals surface area contributed by atoms with Crippen LogP contribution in [0.5, 0.6) is 5.75 Å². The van der Waals surface area contributed by atoms with Crippen LogP contribution in [0.25, 0.3) is 0 Å². The van der Waals surface area contributed by atoms with Gasteiger partial charge in [0.1, 0.15) is 11.6 Å². The van der Waals surface area contributed by atoms with Gasteiger partial charge in [0, 0.05) is 31.7 Å². The number of nitrogens with zero attached hydrogens (tertiary/aromatic N) is 2. The lowest BCUT2D eigenvalue weighted by molar-refractivity contribution is 0.249. The molecule has 0 aromatic heterocycles. The maximum atomic E-state index is 14.7. The predicted molar refractivity (Wildman–Crippen MR) is 124 cm³/mol. The van der Waals surface area contributed by atoms with Crippen LogP contribution in [-0.2, 0) is 36.0 Å². The molecular formula is C24H32FN3O3S. The van der Waals surface area contributed by atoms with Crippen LogP contribution in [-0.4, -0.2) is 51.8 Å². The van der Waals surface area contributed by atoms with Crippen LogP contribution in [0.3, 0.4) is 0 Å². The van der Waals surface area contributed by atoms with Crippen molar-refractivity contribution in [3.8, 4) is 5.75 Å². The zero-order chi connectivity index (χ0) is 22.9. The molecule has 0 saturated carbocycles. The fourth-order valence-electron chi connectivity index (χ4n) is 5.05. The van der Waals surface area contributed by atoms with E-state index in [4.69, 9.17) is 4.74 Å². The first kappa shape index (κ1) is 23.2. The molecule has 0 amide bonds. The van der Waals surface area contributed by atoms with E-state index in [1.54, 1.807) is 18.2 Å². The molecule has 1 heterocycles. The van der Waals surface area contributed by atoms with E-state index < -0.39 is 10.0 Å². The number of methoxy groups -OCH3 is 1.